The first-order valence-electron chi connectivity index (χ1n) is 8.07. The van der Waals surface area contributed by atoms with Gasteiger partial charge in [-0.15, -0.1) is 12.4 Å². The quantitative estimate of drug-likeness (QED) is 0.699. The Hall–Kier alpha value is -1.14. The van der Waals surface area contributed by atoms with Crippen molar-refractivity contribution in [3.8, 4) is 0 Å². The van der Waals surface area contributed by atoms with Crippen LogP contribution in [0.4, 0.5) is 5.69 Å². The second-order valence-corrected chi connectivity index (χ2v) is 6.67. The summed E-state index contributed by atoms with van der Waals surface area (Å²) in [4.78, 5) is 12.3. The third-order valence-electron chi connectivity index (χ3n) is 3.75. The number of anilines is 1. The summed E-state index contributed by atoms with van der Waals surface area (Å²) >= 11 is 0. The minimum absolute atomic E-state index is 0. The van der Waals surface area contributed by atoms with Gasteiger partial charge < -0.3 is 20.5 Å². The number of halogens is 1. The van der Waals surface area contributed by atoms with Crippen LogP contribution in [0, 0.1) is 12.3 Å². The van der Waals surface area contributed by atoms with Crippen LogP contribution >= 0.6 is 12.4 Å². The van der Waals surface area contributed by atoms with Crippen molar-refractivity contribution < 1.29 is 14.3 Å². The van der Waals surface area contributed by atoms with E-state index in [4.69, 9.17) is 15.2 Å². The topological polar surface area (TPSA) is 73.6 Å². The molecule has 6 heteroatoms. The lowest BCUT2D eigenvalue weighted by Crippen LogP contribution is -2.45. The molecular weight excluding hydrogens is 328 g/mol. The molecule has 0 aliphatic heterocycles. The second-order valence-electron chi connectivity index (χ2n) is 6.67. The summed E-state index contributed by atoms with van der Waals surface area (Å²) in [7, 11) is 0. The van der Waals surface area contributed by atoms with E-state index in [1.54, 1.807) is 0 Å². The standard InChI is InChI=1S/C18H30N2O3.ClH/c1-6-22-10-11-23-12-14-8-7-9-15(13(14)2)20-17(21)16(19)18(3,4)5;/h7-9,16H,6,10-12,19H2,1-5H3,(H,20,21);1H/t16-;/m1./s1. The molecule has 3 N–H and O–H groups in total. The van der Waals surface area contributed by atoms with Gasteiger partial charge in [-0.3, -0.25) is 4.79 Å². The van der Waals surface area contributed by atoms with Crippen molar-refractivity contribution >= 4 is 24.0 Å². The van der Waals surface area contributed by atoms with Gasteiger partial charge in [-0.2, -0.15) is 0 Å². The molecule has 138 valence electrons. The molecule has 0 aliphatic carbocycles. The largest absolute Gasteiger partial charge is 0.379 e. The number of carbonyl (C=O) groups excluding carboxylic acids is 1. The number of benzene rings is 1. The average Bonchev–Trinajstić information content (AvgIpc) is 2.48. The highest BCUT2D eigenvalue weighted by Crippen LogP contribution is 2.22. The molecule has 0 spiro atoms. The van der Waals surface area contributed by atoms with E-state index >= 15 is 0 Å². The minimum atomic E-state index is -0.562. The highest BCUT2D eigenvalue weighted by Gasteiger charge is 2.27. The molecule has 0 unspecified atom stereocenters. The lowest BCUT2D eigenvalue weighted by atomic mass is 9.87. The Morgan fingerprint density at radius 2 is 1.88 bits per heavy atom. The lowest BCUT2D eigenvalue weighted by Gasteiger charge is -2.26. The monoisotopic (exact) mass is 358 g/mol. The van der Waals surface area contributed by atoms with E-state index in [0.29, 0.717) is 26.4 Å². The van der Waals surface area contributed by atoms with E-state index in [2.05, 4.69) is 5.32 Å². The van der Waals surface area contributed by atoms with Crippen molar-refractivity contribution in [2.45, 2.75) is 47.3 Å². The van der Waals surface area contributed by atoms with E-state index in [-0.39, 0.29) is 23.7 Å². The first-order chi connectivity index (χ1) is 10.8. The molecular formula is C18H31ClN2O3. The smallest absolute Gasteiger partial charge is 0.241 e. The van der Waals surface area contributed by atoms with Crippen molar-refractivity contribution in [1.82, 2.24) is 0 Å². The number of hydrogen-bond acceptors (Lipinski definition) is 4. The second kappa shape index (κ2) is 10.7. The van der Waals surface area contributed by atoms with Crippen LogP contribution in [0.15, 0.2) is 18.2 Å². The van der Waals surface area contributed by atoms with Gasteiger partial charge in [-0.05, 0) is 36.5 Å². The van der Waals surface area contributed by atoms with E-state index in [0.717, 1.165) is 16.8 Å². The molecule has 0 saturated heterocycles. The lowest BCUT2D eigenvalue weighted by molar-refractivity contribution is -0.119. The van der Waals surface area contributed by atoms with Crippen molar-refractivity contribution in [3.05, 3.63) is 29.3 Å². The van der Waals surface area contributed by atoms with Gasteiger partial charge in [-0.1, -0.05) is 32.9 Å². The summed E-state index contributed by atoms with van der Waals surface area (Å²) in [6, 6.07) is 5.22. The van der Waals surface area contributed by atoms with Gasteiger partial charge in [0.05, 0.1) is 25.9 Å². The number of carbonyl (C=O) groups is 1. The number of rotatable bonds is 8. The Bertz CT molecular complexity index is 515. The minimum Gasteiger partial charge on any atom is -0.379 e. The predicted molar refractivity (Wildman–Crippen MR) is 101 cm³/mol. The van der Waals surface area contributed by atoms with Gasteiger partial charge in [0.15, 0.2) is 0 Å². The van der Waals surface area contributed by atoms with Crippen LogP contribution in [0.1, 0.15) is 38.8 Å². The Morgan fingerprint density at radius 3 is 2.46 bits per heavy atom. The van der Waals surface area contributed by atoms with Crippen LogP contribution in [0.3, 0.4) is 0 Å². The first kappa shape index (κ1) is 22.9. The van der Waals surface area contributed by atoms with E-state index < -0.39 is 6.04 Å². The zero-order valence-electron chi connectivity index (χ0n) is 15.3. The first-order valence-corrected chi connectivity index (χ1v) is 8.07. The molecule has 0 bridgehead atoms. The number of amides is 1. The molecule has 1 atom stereocenters. The average molecular weight is 359 g/mol. The summed E-state index contributed by atoms with van der Waals surface area (Å²) in [5.74, 6) is -0.171. The Kier molecular flexibility index (Phi) is 10.2. The van der Waals surface area contributed by atoms with Gasteiger partial charge in [-0.25, -0.2) is 0 Å². The van der Waals surface area contributed by atoms with E-state index in [1.165, 1.54) is 0 Å². The maximum atomic E-state index is 12.3. The van der Waals surface area contributed by atoms with Crippen LogP contribution < -0.4 is 11.1 Å². The van der Waals surface area contributed by atoms with Crippen molar-refractivity contribution in [2.75, 3.05) is 25.1 Å². The molecule has 1 aromatic carbocycles. The molecule has 0 aromatic heterocycles. The third-order valence-corrected chi connectivity index (χ3v) is 3.75. The van der Waals surface area contributed by atoms with Gasteiger partial charge >= 0.3 is 0 Å². The fourth-order valence-corrected chi connectivity index (χ4v) is 2.02. The van der Waals surface area contributed by atoms with Crippen LogP contribution in [-0.2, 0) is 20.9 Å². The molecule has 0 aliphatic rings. The Morgan fingerprint density at radius 1 is 1.25 bits per heavy atom. The van der Waals surface area contributed by atoms with Gasteiger partial charge in [0, 0.05) is 12.3 Å². The molecule has 1 amide bonds. The maximum Gasteiger partial charge on any atom is 0.241 e. The van der Waals surface area contributed by atoms with Crippen molar-refractivity contribution in [3.63, 3.8) is 0 Å². The molecule has 0 saturated carbocycles. The summed E-state index contributed by atoms with van der Waals surface area (Å²) in [6.45, 7) is 12.1. The van der Waals surface area contributed by atoms with E-state index in [9.17, 15) is 4.79 Å². The fourth-order valence-electron chi connectivity index (χ4n) is 2.02. The number of ether oxygens (including phenoxy) is 2. The zero-order valence-corrected chi connectivity index (χ0v) is 16.2. The SMILES string of the molecule is CCOCCOCc1cccc(NC(=O)[C@@H](N)C(C)(C)C)c1C.Cl. The summed E-state index contributed by atoms with van der Waals surface area (Å²) in [6.07, 6.45) is 0. The van der Waals surface area contributed by atoms with Crippen LogP contribution in [0.2, 0.25) is 0 Å². The molecule has 1 aromatic rings. The molecule has 1 rings (SSSR count). The summed E-state index contributed by atoms with van der Waals surface area (Å²) in [5, 5.41) is 2.92. The van der Waals surface area contributed by atoms with Crippen molar-refractivity contribution in [2.24, 2.45) is 11.1 Å². The molecule has 0 heterocycles. The molecule has 0 radical (unpaired) electrons. The van der Waals surface area contributed by atoms with Crippen LogP contribution in [-0.4, -0.2) is 31.8 Å². The third kappa shape index (κ3) is 7.18. The maximum absolute atomic E-state index is 12.3. The number of nitrogens with one attached hydrogen (secondary N) is 1. The normalized spacial score (nSPS) is 12.4. The van der Waals surface area contributed by atoms with Crippen molar-refractivity contribution in [1.29, 1.82) is 0 Å². The molecule has 24 heavy (non-hydrogen) atoms. The number of hydrogen-bond donors (Lipinski definition) is 2. The van der Waals surface area contributed by atoms with Gasteiger partial charge in [0.1, 0.15) is 0 Å². The molecule has 0 fully saturated rings. The van der Waals surface area contributed by atoms with E-state index in [1.807, 2.05) is 52.8 Å². The van der Waals surface area contributed by atoms with Gasteiger partial charge in [0.25, 0.3) is 0 Å². The highest BCUT2D eigenvalue weighted by atomic mass is 35.5. The zero-order chi connectivity index (χ0) is 17.5. The Labute approximate surface area is 151 Å². The molecule has 5 nitrogen and oxygen atoms in total. The number of nitrogens with two attached hydrogens (primary N) is 1. The van der Waals surface area contributed by atoms with Crippen LogP contribution in [0.25, 0.3) is 0 Å². The van der Waals surface area contributed by atoms with Crippen LogP contribution in [0.5, 0.6) is 0 Å². The predicted octanol–water partition coefficient (Wildman–Crippen LogP) is 3.28. The Balaban J connectivity index is 0.00000529. The summed E-state index contributed by atoms with van der Waals surface area (Å²) in [5.41, 5.74) is 8.55. The van der Waals surface area contributed by atoms with Gasteiger partial charge in [0.2, 0.25) is 5.91 Å². The highest BCUT2D eigenvalue weighted by molar-refractivity contribution is 5.95. The fraction of sp³-hybridized carbons (Fsp3) is 0.611. The summed E-state index contributed by atoms with van der Waals surface area (Å²) < 4.78 is 10.8.